The molecule has 0 aliphatic carbocycles. The van der Waals surface area contributed by atoms with E-state index in [1.165, 1.54) is 0 Å². The maximum absolute atomic E-state index is 11.9. The van der Waals surface area contributed by atoms with Crippen LogP contribution in [0, 0.1) is 0 Å². The van der Waals surface area contributed by atoms with Gasteiger partial charge in [0.2, 0.25) is 5.75 Å². The third-order valence-corrected chi connectivity index (χ3v) is 3.35. The van der Waals surface area contributed by atoms with Gasteiger partial charge < -0.3 is 24.1 Å². The van der Waals surface area contributed by atoms with Crippen LogP contribution in [0.25, 0.3) is 11.0 Å². The van der Waals surface area contributed by atoms with E-state index in [-0.39, 0.29) is 30.3 Å². The van der Waals surface area contributed by atoms with Gasteiger partial charge in [-0.15, -0.1) is 0 Å². The van der Waals surface area contributed by atoms with E-state index in [9.17, 15) is 9.90 Å². The summed E-state index contributed by atoms with van der Waals surface area (Å²) in [6, 6.07) is 4.82. The Balaban J connectivity index is 2.26. The van der Waals surface area contributed by atoms with Gasteiger partial charge in [0.25, 0.3) is 0 Å². The first-order chi connectivity index (χ1) is 11.5. The molecule has 0 bridgehead atoms. The standard InChI is InChI=1S/C18H22O6/c1-12(2)7-10-23-17-16(20)14-11-13(22-9-4-3-8-19)5-6-15(14)24-18(17)21/h5-7,11,19-20H,3-4,8-10H2,1-2H3. The van der Waals surface area contributed by atoms with Crippen molar-refractivity contribution in [1.82, 2.24) is 0 Å². The second-order valence-electron chi connectivity index (χ2n) is 5.60. The molecule has 0 saturated heterocycles. The maximum Gasteiger partial charge on any atom is 0.383 e. The minimum Gasteiger partial charge on any atom is -0.504 e. The Hall–Kier alpha value is -2.47. The summed E-state index contributed by atoms with van der Waals surface area (Å²) in [5.74, 6) is 0.0708. The molecule has 0 fully saturated rings. The Labute approximate surface area is 139 Å². The van der Waals surface area contributed by atoms with Crippen molar-refractivity contribution in [2.45, 2.75) is 26.7 Å². The van der Waals surface area contributed by atoms with Gasteiger partial charge in [-0.2, -0.15) is 0 Å². The van der Waals surface area contributed by atoms with Crippen molar-refractivity contribution in [1.29, 1.82) is 0 Å². The number of hydrogen-bond donors (Lipinski definition) is 2. The van der Waals surface area contributed by atoms with Crippen molar-refractivity contribution >= 4 is 11.0 Å². The molecule has 0 amide bonds. The molecule has 2 aromatic rings. The van der Waals surface area contributed by atoms with E-state index in [4.69, 9.17) is 19.0 Å². The smallest absolute Gasteiger partial charge is 0.383 e. The molecular weight excluding hydrogens is 312 g/mol. The number of ether oxygens (including phenoxy) is 2. The summed E-state index contributed by atoms with van der Waals surface area (Å²) < 4.78 is 16.1. The molecule has 130 valence electrons. The van der Waals surface area contributed by atoms with Crippen LogP contribution < -0.4 is 15.1 Å². The van der Waals surface area contributed by atoms with Crippen molar-refractivity contribution in [2.75, 3.05) is 19.8 Å². The van der Waals surface area contributed by atoms with Gasteiger partial charge in [0.15, 0.2) is 5.75 Å². The summed E-state index contributed by atoms with van der Waals surface area (Å²) in [7, 11) is 0. The Morgan fingerprint density at radius 1 is 1.25 bits per heavy atom. The minimum atomic E-state index is -0.723. The second-order valence-corrected chi connectivity index (χ2v) is 5.60. The number of aliphatic hydroxyl groups excluding tert-OH is 1. The van der Waals surface area contributed by atoms with Gasteiger partial charge in [0.1, 0.15) is 17.9 Å². The average molecular weight is 334 g/mol. The highest BCUT2D eigenvalue weighted by Crippen LogP contribution is 2.33. The van der Waals surface area contributed by atoms with Crippen LogP contribution in [-0.4, -0.2) is 30.0 Å². The number of aliphatic hydroxyl groups is 1. The molecule has 1 aromatic carbocycles. The van der Waals surface area contributed by atoms with Crippen LogP contribution in [0.5, 0.6) is 17.2 Å². The molecule has 0 atom stereocenters. The lowest BCUT2D eigenvalue weighted by molar-refractivity contribution is 0.253. The van der Waals surface area contributed by atoms with Crippen LogP contribution in [0.3, 0.4) is 0 Å². The molecular formula is C18H22O6. The van der Waals surface area contributed by atoms with Gasteiger partial charge in [0, 0.05) is 6.61 Å². The van der Waals surface area contributed by atoms with Gasteiger partial charge in [-0.3, -0.25) is 0 Å². The highest BCUT2D eigenvalue weighted by atomic mass is 16.5. The quantitative estimate of drug-likeness (QED) is 0.438. The fraction of sp³-hybridized carbons (Fsp3) is 0.389. The van der Waals surface area contributed by atoms with E-state index in [1.54, 1.807) is 24.3 Å². The molecule has 0 saturated carbocycles. The summed E-state index contributed by atoms with van der Waals surface area (Å²) in [6.45, 7) is 4.56. The number of fused-ring (bicyclic) bond motifs is 1. The molecule has 0 unspecified atom stereocenters. The zero-order chi connectivity index (χ0) is 17.5. The number of unbranched alkanes of at least 4 members (excludes halogenated alkanes) is 1. The van der Waals surface area contributed by atoms with E-state index < -0.39 is 5.63 Å². The Morgan fingerprint density at radius 3 is 2.75 bits per heavy atom. The molecule has 2 N–H and O–H groups in total. The Kier molecular flexibility index (Phi) is 6.26. The fourth-order valence-electron chi connectivity index (χ4n) is 2.06. The third kappa shape index (κ3) is 4.52. The van der Waals surface area contributed by atoms with Crippen molar-refractivity contribution in [3.05, 3.63) is 40.3 Å². The van der Waals surface area contributed by atoms with Gasteiger partial charge in [-0.1, -0.05) is 5.57 Å². The topological polar surface area (TPSA) is 89.1 Å². The second kappa shape index (κ2) is 8.40. The highest BCUT2D eigenvalue weighted by Gasteiger charge is 2.16. The van der Waals surface area contributed by atoms with E-state index in [2.05, 4.69) is 0 Å². The lowest BCUT2D eigenvalue weighted by atomic mass is 10.2. The number of benzene rings is 1. The first-order valence-electron chi connectivity index (χ1n) is 7.82. The van der Waals surface area contributed by atoms with Crippen LogP contribution in [0.15, 0.2) is 39.1 Å². The molecule has 1 aromatic heterocycles. The van der Waals surface area contributed by atoms with Crippen molar-refractivity contribution in [3.63, 3.8) is 0 Å². The zero-order valence-corrected chi connectivity index (χ0v) is 13.9. The van der Waals surface area contributed by atoms with Gasteiger partial charge in [-0.05, 0) is 51.0 Å². The van der Waals surface area contributed by atoms with Gasteiger partial charge in [0.05, 0.1) is 12.0 Å². The minimum absolute atomic E-state index is 0.124. The van der Waals surface area contributed by atoms with Crippen LogP contribution >= 0.6 is 0 Å². The fourth-order valence-corrected chi connectivity index (χ4v) is 2.06. The van der Waals surface area contributed by atoms with Crippen molar-refractivity contribution < 1.29 is 24.1 Å². The highest BCUT2D eigenvalue weighted by molar-refractivity contribution is 5.86. The molecule has 0 aliphatic rings. The number of aromatic hydroxyl groups is 1. The van der Waals surface area contributed by atoms with Crippen LogP contribution in [0.1, 0.15) is 26.7 Å². The summed E-state index contributed by atoms with van der Waals surface area (Å²) in [5, 5.41) is 19.4. The van der Waals surface area contributed by atoms with Crippen LogP contribution in [0.2, 0.25) is 0 Å². The lowest BCUT2D eigenvalue weighted by Crippen LogP contribution is -2.07. The summed E-state index contributed by atoms with van der Waals surface area (Å²) in [4.78, 5) is 11.9. The van der Waals surface area contributed by atoms with Crippen molar-refractivity contribution in [2.24, 2.45) is 0 Å². The monoisotopic (exact) mass is 334 g/mol. The largest absolute Gasteiger partial charge is 0.504 e. The summed E-state index contributed by atoms with van der Waals surface area (Å²) in [6.07, 6.45) is 3.18. The van der Waals surface area contributed by atoms with Gasteiger partial charge in [-0.25, -0.2) is 4.79 Å². The van der Waals surface area contributed by atoms with E-state index in [1.807, 2.05) is 13.8 Å². The molecule has 1 heterocycles. The molecule has 0 aliphatic heterocycles. The first kappa shape index (κ1) is 17.9. The molecule has 6 nitrogen and oxygen atoms in total. The molecule has 0 spiro atoms. The van der Waals surface area contributed by atoms with E-state index in [0.29, 0.717) is 24.2 Å². The molecule has 24 heavy (non-hydrogen) atoms. The normalized spacial score (nSPS) is 10.6. The Bertz CT molecular complexity index is 771. The SMILES string of the molecule is CC(C)=CCOc1c(O)c2cc(OCCCCO)ccc2oc1=O. The van der Waals surface area contributed by atoms with E-state index in [0.717, 1.165) is 12.0 Å². The predicted molar refractivity (Wildman–Crippen MR) is 90.9 cm³/mol. The lowest BCUT2D eigenvalue weighted by Gasteiger charge is -2.09. The molecule has 6 heteroatoms. The predicted octanol–water partition coefficient (Wildman–Crippen LogP) is 2.99. The van der Waals surface area contributed by atoms with Gasteiger partial charge >= 0.3 is 5.63 Å². The number of hydrogen-bond acceptors (Lipinski definition) is 6. The van der Waals surface area contributed by atoms with E-state index >= 15 is 0 Å². The van der Waals surface area contributed by atoms with Crippen LogP contribution in [0.4, 0.5) is 0 Å². The number of allylic oxidation sites excluding steroid dienone is 1. The maximum atomic E-state index is 11.9. The molecule has 0 radical (unpaired) electrons. The third-order valence-electron chi connectivity index (χ3n) is 3.35. The number of rotatable bonds is 8. The van der Waals surface area contributed by atoms with Crippen LogP contribution in [-0.2, 0) is 0 Å². The molecule has 2 rings (SSSR count). The average Bonchev–Trinajstić information content (AvgIpc) is 2.55. The first-order valence-corrected chi connectivity index (χ1v) is 7.82. The Morgan fingerprint density at radius 2 is 2.04 bits per heavy atom. The summed E-state index contributed by atoms with van der Waals surface area (Å²) in [5.41, 5.74) is 0.576. The summed E-state index contributed by atoms with van der Waals surface area (Å²) >= 11 is 0. The zero-order valence-electron chi connectivity index (χ0n) is 13.9. The van der Waals surface area contributed by atoms with Crippen molar-refractivity contribution in [3.8, 4) is 17.2 Å².